The van der Waals surface area contributed by atoms with Crippen LogP contribution in [0.25, 0.3) is 5.76 Å². The van der Waals surface area contributed by atoms with Crippen LogP contribution in [-0.4, -0.2) is 98.4 Å². The third-order valence-electron chi connectivity index (χ3n) is 10.3. The van der Waals surface area contributed by atoms with Gasteiger partial charge in [-0.1, -0.05) is 67.6 Å². The number of carbonyl (C=O) groups is 5. The molecule has 0 unspecified atom stereocenters. The van der Waals surface area contributed by atoms with Gasteiger partial charge in [0.15, 0.2) is 11.4 Å². The van der Waals surface area contributed by atoms with Crippen LogP contribution in [0.3, 0.4) is 0 Å². The molecule has 3 aliphatic rings. The number of primary amides is 1. The van der Waals surface area contributed by atoms with E-state index in [0.29, 0.717) is 11.1 Å². The van der Waals surface area contributed by atoms with Crippen molar-refractivity contribution >= 4 is 41.0 Å². The fourth-order valence-electron chi connectivity index (χ4n) is 7.87. The number of ether oxygens (including phenoxy) is 2. The molecule has 0 aliphatic heterocycles. The lowest BCUT2D eigenvalue weighted by atomic mass is 9.54. The average Bonchev–Trinajstić information content (AvgIpc) is 3.14. The number of hydrogen-bond donors (Lipinski definition) is 6. The Labute approximate surface area is 309 Å². The first-order valence-corrected chi connectivity index (χ1v) is 17.0. The first kappa shape index (κ1) is 37.7. The lowest BCUT2D eigenvalue weighted by Gasteiger charge is -2.54. The summed E-state index contributed by atoms with van der Waals surface area (Å²) in [6, 6.07) is 18.4. The van der Waals surface area contributed by atoms with E-state index >= 15 is 0 Å². The molecule has 7 N–H and O–H groups in total. The number of phenolic OH excluding ortho intramolecular Hbond substituents is 1. The number of nitrogens with two attached hydrogens (primary N) is 1. The van der Waals surface area contributed by atoms with Crippen LogP contribution in [-0.2, 0) is 41.9 Å². The van der Waals surface area contributed by atoms with E-state index in [1.165, 1.54) is 32.0 Å². The molecule has 2 amide bonds. The van der Waals surface area contributed by atoms with Crippen molar-refractivity contribution in [3.63, 3.8) is 0 Å². The van der Waals surface area contributed by atoms with Crippen LogP contribution in [0.4, 0.5) is 10.5 Å². The van der Waals surface area contributed by atoms with Gasteiger partial charge in [-0.3, -0.25) is 29.0 Å². The topological polar surface area (TPSA) is 237 Å². The number of aliphatic hydroxyl groups excluding tert-OH is 3. The third kappa shape index (κ3) is 6.15. The highest BCUT2D eigenvalue weighted by atomic mass is 16.6. The van der Waals surface area contributed by atoms with Crippen LogP contribution in [0, 0.1) is 11.8 Å². The molecule has 15 nitrogen and oxygen atoms in total. The van der Waals surface area contributed by atoms with Gasteiger partial charge >= 0.3 is 12.1 Å². The van der Waals surface area contributed by atoms with Gasteiger partial charge in [-0.15, -0.1) is 0 Å². The second kappa shape index (κ2) is 14.4. The van der Waals surface area contributed by atoms with Crippen molar-refractivity contribution in [3.05, 3.63) is 112 Å². The van der Waals surface area contributed by atoms with Crippen LogP contribution in [0.2, 0.25) is 0 Å². The number of esters is 1. The lowest BCUT2D eigenvalue weighted by molar-refractivity contribution is -0.169. The van der Waals surface area contributed by atoms with Crippen molar-refractivity contribution in [1.29, 1.82) is 0 Å². The number of fused-ring (bicyclic) bond motifs is 3. The van der Waals surface area contributed by atoms with Crippen LogP contribution >= 0.6 is 0 Å². The predicted molar refractivity (Wildman–Crippen MR) is 191 cm³/mol. The summed E-state index contributed by atoms with van der Waals surface area (Å²) in [6.45, 7) is 0.498. The summed E-state index contributed by atoms with van der Waals surface area (Å²) in [5.74, 6) is -11.8. The Balaban J connectivity index is 1.48. The molecule has 6 atom stereocenters. The average molecular weight is 742 g/mol. The standard InChI is InChI=1S/C39H39N3O12/c1-19-25-22(42(38(51)54-18-21-12-8-5-9-13-21)16-24(44)53-17-20-10-6-4-7-11-20)14-15-23(43)27(25)32(45)28-26(19)33(46)30-31(41(2)3)34(47)29(37(40)50)36(49)39(30,52)35(28)48/h4-15,19,26,30-31,33,43,45-46,49,52H,16-18H2,1-3H3,(H2,40,50)/t19-,26+,30+,31-,33-,39-/m0/s1. The van der Waals surface area contributed by atoms with Crippen LogP contribution < -0.4 is 10.6 Å². The lowest BCUT2D eigenvalue weighted by Crippen LogP contribution is -2.70. The Morgan fingerprint density at radius 3 is 2.00 bits per heavy atom. The van der Waals surface area contributed by atoms with E-state index < -0.39 is 100.0 Å². The van der Waals surface area contributed by atoms with E-state index in [0.717, 1.165) is 11.0 Å². The summed E-state index contributed by atoms with van der Waals surface area (Å²) < 4.78 is 11.1. The van der Waals surface area contributed by atoms with E-state index in [4.69, 9.17) is 15.2 Å². The molecule has 6 rings (SSSR count). The van der Waals surface area contributed by atoms with E-state index in [1.54, 1.807) is 60.7 Å². The van der Waals surface area contributed by atoms with Gasteiger partial charge in [0, 0.05) is 11.5 Å². The molecule has 0 heterocycles. The molecule has 54 heavy (non-hydrogen) atoms. The number of anilines is 1. The molecule has 3 aromatic rings. The van der Waals surface area contributed by atoms with Crippen molar-refractivity contribution in [2.75, 3.05) is 25.5 Å². The number of Topliss-reactive ketones (excluding diaryl/α,β-unsaturated/α-hetero) is 2. The van der Waals surface area contributed by atoms with Crippen molar-refractivity contribution in [1.82, 2.24) is 4.90 Å². The highest BCUT2D eigenvalue weighted by Gasteiger charge is 2.68. The zero-order chi connectivity index (χ0) is 39.2. The van der Waals surface area contributed by atoms with Gasteiger partial charge in [0.1, 0.15) is 42.6 Å². The Morgan fingerprint density at radius 2 is 1.44 bits per heavy atom. The minimum absolute atomic E-state index is 0.00666. The van der Waals surface area contributed by atoms with Crippen LogP contribution in [0.1, 0.15) is 35.1 Å². The minimum atomic E-state index is -3.10. The fourth-order valence-corrected chi connectivity index (χ4v) is 7.87. The number of ketones is 2. The monoisotopic (exact) mass is 741 g/mol. The molecule has 1 saturated carbocycles. The summed E-state index contributed by atoms with van der Waals surface area (Å²) >= 11 is 0. The number of likely N-dealkylation sites (N-methyl/N-ethyl adjacent to an activating group) is 1. The number of benzene rings is 3. The molecule has 3 aliphatic carbocycles. The molecule has 1 fully saturated rings. The number of carbonyl (C=O) groups excluding carboxylic acids is 5. The number of nitrogens with zero attached hydrogens (tertiary/aromatic N) is 2. The van der Waals surface area contributed by atoms with Gasteiger partial charge in [0.2, 0.25) is 5.78 Å². The smallest absolute Gasteiger partial charge is 0.415 e. The summed E-state index contributed by atoms with van der Waals surface area (Å²) in [5.41, 5.74) is 1.53. The minimum Gasteiger partial charge on any atom is -0.508 e. The highest BCUT2D eigenvalue weighted by molar-refractivity contribution is 6.24. The van der Waals surface area contributed by atoms with E-state index in [2.05, 4.69) is 0 Å². The molecule has 15 heteroatoms. The van der Waals surface area contributed by atoms with Gasteiger partial charge in [0.05, 0.1) is 29.3 Å². The number of aromatic hydroxyl groups is 1. The number of phenols is 1. The molecule has 0 spiro atoms. The highest BCUT2D eigenvalue weighted by Crippen LogP contribution is 2.57. The molecular weight excluding hydrogens is 702 g/mol. The third-order valence-corrected chi connectivity index (χ3v) is 10.3. The first-order chi connectivity index (χ1) is 25.6. The molecular formula is C39H39N3O12. The number of rotatable bonds is 9. The van der Waals surface area contributed by atoms with Gasteiger partial charge in [0.25, 0.3) is 5.91 Å². The molecule has 3 aromatic carbocycles. The zero-order valence-corrected chi connectivity index (χ0v) is 29.5. The van der Waals surface area contributed by atoms with Crippen LogP contribution in [0.15, 0.2) is 89.7 Å². The van der Waals surface area contributed by atoms with Crippen molar-refractivity contribution in [3.8, 4) is 5.75 Å². The summed E-state index contributed by atoms with van der Waals surface area (Å²) in [5, 5.41) is 58.2. The Bertz CT molecular complexity index is 2100. The Kier molecular flexibility index (Phi) is 10.1. The van der Waals surface area contributed by atoms with Gasteiger partial charge in [-0.25, -0.2) is 4.79 Å². The van der Waals surface area contributed by atoms with E-state index in [1.807, 2.05) is 0 Å². The zero-order valence-electron chi connectivity index (χ0n) is 29.5. The van der Waals surface area contributed by atoms with Crippen molar-refractivity contribution < 1.29 is 59.0 Å². The molecule has 0 aromatic heterocycles. The maximum absolute atomic E-state index is 14.4. The number of amides is 2. The van der Waals surface area contributed by atoms with Gasteiger partial charge in [-0.2, -0.15) is 0 Å². The van der Waals surface area contributed by atoms with Crippen LogP contribution in [0.5, 0.6) is 5.75 Å². The van der Waals surface area contributed by atoms with Gasteiger partial charge in [-0.05, 0) is 48.8 Å². The molecule has 0 saturated heterocycles. The van der Waals surface area contributed by atoms with E-state index in [9.17, 15) is 49.5 Å². The predicted octanol–water partition coefficient (Wildman–Crippen LogP) is 2.38. The number of aliphatic hydroxyl groups is 4. The summed E-state index contributed by atoms with van der Waals surface area (Å²) in [6.07, 6.45) is -2.90. The summed E-state index contributed by atoms with van der Waals surface area (Å²) in [4.78, 5) is 69.7. The van der Waals surface area contributed by atoms with Gasteiger partial charge < -0.3 is 40.7 Å². The van der Waals surface area contributed by atoms with E-state index in [-0.39, 0.29) is 30.0 Å². The second-order valence-corrected chi connectivity index (χ2v) is 13.7. The maximum Gasteiger partial charge on any atom is 0.415 e. The summed E-state index contributed by atoms with van der Waals surface area (Å²) in [7, 11) is 2.80. The SMILES string of the molecule is C[C@H]1c2c(N(CC(=O)OCc3ccccc3)C(=O)OCc3ccccc3)ccc(O)c2C(O)=C2C(=O)[C@]3(O)C(O)=C(C(N)=O)C(=O)[C@@H](N(C)C)[C@@H]3[C@@H](O)[C@@H]21. The molecule has 282 valence electrons. The Hall–Kier alpha value is -6.03. The van der Waals surface area contributed by atoms with Crippen molar-refractivity contribution in [2.45, 2.75) is 43.8 Å². The molecule has 0 radical (unpaired) electrons. The fraction of sp³-hybridized carbons (Fsp3) is 0.308. The number of hydrogen-bond acceptors (Lipinski definition) is 13. The normalized spacial score (nSPS) is 24.7. The Morgan fingerprint density at radius 1 is 0.870 bits per heavy atom. The van der Waals surface area contributed by atoms with Crippen molar-refractivity contribution in [2.24, 2.45) is 17.6 Å². The maximum atomic E-state index is 14.4. The largest absolute Gasteiger partial charge is 0.508 e. The quantitative estimate of drug-likeness (QED) is 0.137. The second-order valence-electron chi connectivity index (χ2n) is 13.7. The molecule has 0 bridgehead atoms. The first-order valence-electron chi connectivity index (χ1n) is 17.0.